The van der Waals surface area contributed by atoms with Crippen LogP contribution >= 0.6 is 0 Å². The minimum atomic E-state index is -0.469. The van der Waals surface area contributed by atoms with Gasteiger partial charge in [0.2, 0.25) is 0 Å². The molecule has 17 heavy (non-hydrogen) atoms. The Bertz CT molecular complexity index is 494. The van der Waals surface area contributed by atoms with Gasteiger partial charge in [0.1, 0.15) is 5.69 Å². The average Bonchev–Trinajstić information content (AvgIpc) is 2.28. The number of benzene rings is 1. The lowest BCUT2D eigenvalue weighted by atomic mass is 10.2. The summed E-state index contributed by atoms with van der Waals surface area (Å²) in [4.78, 5) is 10.3. The SMILES string of the molecule is CC(=N)/C(N)=C(/C)Nc1ccccc1[N+](=O)[O-]. The summed E-state index contributed by atoms with van der Waals surface area (Å²) in [6.45, 7) is 3.23. The van der Waals surface area contributed by atoms with E-state index in [9.17, 15) is 10.1 Å². The molecular formula is C11H14N4O2. The first kappa shape index (κ1) is 12.7. The third-order valence-corrected chi connectivity index (χ3v) is 2.23. The van der Waals surface area contributed by atoms with Crippen LogP contribution in [0.3, 0.4) is 0 Å². The first-order valence-corrected chi connectivity index (χ1v) is 4.95. The Balaban J connectivity index is 3.08. The number of nitrogens with zero attached hydrogens (tertiary/aromatic N) is 1. The number of hydrogen-bond donors (Lipinski definition) is 3. The molecule has 1 aromatic rings. The smallest absolute Gasteiger partial charge is 0.292 e. The Morgan fingerprint density at radius 1 is 1.41 bits per heavy atom. The van der Waals surface area contributed by atoms with E-state index in [4.69, 9.17) is 11.1 Å². The quantitative estimate of drug-likeness (QED) is 0.422. The monoisotopic (exact) mass is 234 g/mol. The van der Waals surface area contributed by atoms with Gasteiger partial charge in [0.25, 0.3) is 5.69 Å². The van der Waals surface area contributed by atoms with Crippen molar-refractivity contribution in [3.05, 3.63) is 45.8 Å². The Labute approximate surface area is 98.8 Å². The molecule has 6 nitrogen and oxygen atoms in total. The van der Waals surface area contributed by atoms with E-state index in [0.717, 1.165) is 0 Å². The fourth-order valence-electron chi connectivity index (χ4n) is 1.29. The van der Waals surface area contributed by atoms with Gasteiger partial charge in [-0.3, -0.25) is 10.1 Å². The van der Waals surface area contributed by atoms with Crippen molar-refractivity contribution in [2.75, 3.05) is 5.32 Å². The van der Waals surface area contributed by atoms with Gasteiger partial charge in [-0.1, -0.05) is 12.1 Å². The van der Waals surface area contributed by atoms with Gasteiger partial charge in [0.05, 0.1) is 16.3 Å². The zero-order chi connectivity index (χ0) is 13.0. The second-order valence-corrected chi connectivity index (χ2v) is 3.56. The molecule has 0 aliphatic rings. The number of anilines is 1. The molecule has 1 rings (SSSR count). The van der Waals surface area contributed by atoms with Gasteiger partial charge in [0, 0.05) is 11.8 Å². The molecule has 0 aliphatic heterocycles. The van der Waals surface area contributed by atoms with Crippen LogP contribution in [0.2, 0.25) is 0 Å². The van der Waals surface area contributed by atoms with Gasteiger partial charge < -0.3 is 16.5 Å². The highest BCUT2D eigenvalue weighted by molar-refractivity contribution is 5.95. The third kappa shape index (κ3) is 3.04. The molecular weight excluding hydrogens is 220 g/mol. The van der Waals surface area contributed by atoms with Crippen molar-refractivity contribution in [2.24, 2.45) is 5.73 Å². The summed E-state index contributed by atoms with van der Waals surface area (Å²) in [5.41, 5.74) is 7.01. The van der Waals surface area contributed by atoms with Crippen molar-refractivity contribution in [3.8, 4) is 0 Å². The van der Waals surface area contributed by atoms with Crippen molar-refractivity contribution >= 4 is 17.1 Å². The van der Waals surface area contributed by atoms with Gasteiger partial charge in [-0.25, -0.2) is 0 Å². The van der Waals surface area contributed by atoms with Crippen LogP contribution in [0.25, 0.3) is 0 Å². The lowest BCUT2D eigenvalue weighted by Gasteiger charge is -2.10. The van der Waals surface area contributed by atoms with Gasteiger partial charge in [-0.05, 0) is 19.9 Å². The van der Waals surface area contributed by atoms with Crippen LogP contribution in [-0.2, 0) is 0 Å². The summed E-state index contributed by atoms with van der Waals surface area (Å²) in [6, 6.07) is 6.28. The minimum absolute atomic E-state index is 0.0257. The summed E-state index contributed by atoms with van der Waals surface area (Å²) in [6.07, 6.45) is 0. The molecule has 1 aromatic carbocycles. The molecule has 0 amide bonds. The number of nitrogens with two attached hydrogens (primary N) is 1. The predicted octanol–water partition coefficient (Wildman–Crippen LogP) is 2.24. The number of rotatable bonds is 4. The number of nitrogens with one attached hydrogen (secondary N) is 2. The maximum absolute atomic E-state index is 10.8. The molecule has 0 fully saturated rings. The highest BCUT2D eigenvalue weighted by Gasteiger charge is 2.13. The third-order valence-electron chi connectivity index (χ3n) is 2.23. The molecule has 0 bridgehead atoms. The first-order valence-electron chi connectivity index (χ1n) is 4.95. The summed E-state index contributed by atoms with van der Waals surface area (Å²) in [5.74, 6) is 0. The van der Waals surface area contributed by atoms with Crippen LogP contribution in [0.5, 0.6) is 0 Å². The Hall–Kier alpha value is -2.37. The fraction of sp³-hybridized carbons (Fsp3) is 0.182. The maximum Gasteiger partial charge on any atom is 0.292 e. The summed E-state index contributed by atoms with van der Waals surface area (Å²) in [5, 5.41) is 21.0. The van der Waals surface area contributed by atoms with Crippen LogP contribution < -0.4 is 11.1 Å². The first-order chi connectivity index (χ1) is 7.93. The van der Waals surface area contributed by atoms with E-state index in [-0.39, 0.29) is 17.1 Å². The standard InChI is InChI=1S/C11H14N4O2/c1-7(12)11(13)8(2)14-9-5-3-4-6-10(9)15(16)17/h3-6,12,14H,13H2,1-2H3/b11-8+,12-7?. The summed E-state index contributed by atoms with van der Waals surface area (Å²) in [7, 11) is 0. The number of para-hydroxylation sites is 2. The molecule has 0 radical (unpaired) electrons. The zero-order valence-corrected chi connectivity index (χ0v) is 9.65. The van der Waals surface area contributed by atoms with Gasteiger partial charge >= 0.3 is 0 Å². The molecule has 90 valence electrons. The summed E-state index contributed by atoms with van der Waals surface area (Å²) >= 11 is 0. The van der Waals surface area contributed by atoms with Crippen molar-refractivity contribution in [1.82, 2.24) is 0 Å². The number of nitro groups is 1. The number of hydrogen-bond acceptors (Lipinski definition) is 5. The van der Waals surface area contributed by atoms with Crippen molar-refractivity contribution < 1.29 is 4.92 Å². The van der Waals surface area contributed by atoms with Crippen molar-refractivity contribution in [3.63, 3.8) is 0 Å². The largest absolute Gasteiger partial charge is 0.396 e. The van der Waals surface area contributed by atoms with E-state index in [0.29, 0.717) is 11.4 Å². The van der Waals surface area contributed by atoms with Crippen LogP contribution in [0, 0.1) is 15.5 Å². The van der Waals surface area contributed by atoms with Gasteiger partial charge in [-0.2, -0.15) is 0 Å². The molecule has 0 aromatic heterocycles. The Morgan fingerprint density at radius 2 is 2.00 bits per heavy atom. The van der Waals surface area contributed by atoms with E-state index >= 15 is 0 Å². The van der Waals surface area contributed by atoms with Crippen LogP contribution in [-0.4, -0.2) is 10.6 Å². The molecule has 0 spiro atoms. The second-order valence-electron chi connectivity index (χ2n) is 3.56. The van der Waals surface area contributed by atoms with Crippen LogP contribution in [0.1, 0.15) is 13.8 Å². The Kier molecular flexibility index (Phi) is 3.82. The van der Waals surface area contributed by atoms with Crippen molar-refractivity contribution in [2.45, 2.75) is 13.8 Å². The molecule has 0 unspecified atom stereocenters. The normalized spacial score (nSPS) is 11.6. The van der Waals surface area contributed by atoms with E-state index in [1.54, 1.807) is 32.0 Å². The molecule has 4 N–H and O–H groups in total. The molecule has 0 heterocycles. The lowest BCUT2D eigenvalue weighted by molar-refractivity contribution is -0.383. The van der Waals surface area contributed by atoms with E-state index in [1.807, 2.05) is 0 Å². The van der Waals surface area contributed by atoms with Crippen molar-refractivity contribution in [1.29, 1.82) is 5.41 Å². The topological polar surface area (TPSA) is 105 Å². The molecule has 0 atom stereocenters. The molecule has 0 aliphatic carbocycles. The van der Waals surface area contributed by atoms with Crippen LogP contribution in [0.15, 0.2) is 35.7 Å². The number of nitro benzene ring substituents is 1. The minimum Gasteiger partial charge on any atom is -0.396 e. The Morgan fingerprint density at radius 3 is 2.53 bits per heavy atom. The molecule has 0 saturated heterocycles. The average molecular weight is 234 g/mol. The fourth-order valence-corrected chi connectivity index (χ4v) is 1.29. The molecule has 0 saturated carbocycles. The maximum atomic E-state index is 10.8. The molecule has 6 heteroatoms. The lowest BCUT2D eigenvalue weighted by Crippen LogP contribution is -2.14. The predicted molar refractivity (Wildman–Crippen MR) is 67.0 cm³/mol. The van der Waals surface area contributed by atoms with E-state index in [1.165, 1.54) is 6.07 Å². The second kappa shape index (κ2) is 5.11. The highest BCUT2D eigenvalue weighted by Crippen LogP contribution is 2.24. The van der Waals surface area contributed by atoms with Gasteiger partial charge in [0.15, 0.2) is 0 Å². The number of allylic oxidation sites excluding steroid dienone is 2. The van der Waals surface area contributed by atoms with E-state index < -0.39 is 4.92 Å². The van der Waals surface area contributed by atoms with Gasteiger partial charge in [-0.15, -0.1) is 0 Å². The van der Waals surface area contributed by atoms with Crippen LogP contribution in [0.4, 0.5) is 11.4 Å². The highest BCUT2D eigenvalue weighted by atomic mass is 16.6. The summed E-state index contributed by atoms with van der Waals surface area (Å²) < 4.78 is 0. The van der Waals surface area contributed by atoms with E-state index in [2.05, 4.69) is 5.32 Å². The zero-order valence-electron chi connectivity index (χ0n) is 9.65.